The second-order valence-corrected chi connectivity index (χ2v) is 9.97. The van der Waals surface area contributed by atoms with Crippen LogP contribution in [0.15, 0.2) is 66.7 Å². The van der Waals surface area contributed by atoms with Crippen molar-refractivity contribution >= 4 is 5.69 Å². The summed E-state index contributed by atoms with van der Waals surface area (Å²) in [4.78, 5) is 2.35. The van der Waals surface area contributed by atoms with Crippen LogP contribution >= 0.6 is 0 Å². The fraction of sp³-hybridized carbons (Fsp3) is 0.400. The number of rotatable bonds is 6. The first-order valence-corrected chi connectivity index (χ1v) is 12.8. The monoisotopic (exact) mass is 527 g/mol. The second kappa shape index (κ2) is 11.0. The second-order valence-electron chi connectivity index (χ2n) is 9.97. The summed E-state index contributed by atoms with van der Waals surface area (Å²) in [6.07, 6.45) is -3.11. The molecule has 0 aromatic heterocycles. The van der Waals surface area contributed by atoms with Gasteiger partial charge >= 0.3 is 6.18 Å². The number of aromatic hydroxyl groups is 1. The van der Waals surface area contributed by atoms with E-state index >= 15 is 0 Å². The van der Waals surface area contributed by atoms with Gasteiger partial charge in [0.15, 0.2) is 6.29 Å². The van der Waals surface area contributed by atoms with Gasteiger partial charge in [-0.2, -0.15) is 13.2 Å². The molecule has 0 radical (unpaired) electrons. The predicted octanol–water partition coefficient (Wildman–Crippen LogP) is 6.65. The van der Waals surface area contributed by atoms with Crippen molar-refractivity contribution in [1.82, 2.24) is 0 Å². The quantitative estimate of drug-likeness (QED) is 0.364. The maximum atomic E-state index is 13.2. The SMILES string of the molecule is COC(OC)C1CCN(c2ccc([C@H]3c4ccc(O)cc4CO[C@H]3c3ccc(C(F)(F)F)cc3)cc2)CC1. The molecule has 8 heteroatoms. The molecule has 2 aliphatic rings. The number of piperidine rings is 1. The maximum absolute atomic E-state index is 13.2. The summed E-state index contributed by atoms with van der Waals surface area (Å²) in [6, 6.07) is 18.8. The van der Waals surface area contributed by atoms with Crippen molar-refractivity contribution in [2.75, 3.05) is 32.2 Å². The summed E-state index contributed by atoms with van der Waals surface area (Å²) in [5.41, 5.74) is 3.98. The Morgan fingerprint density at radius 1 is 0.895 bits per heavy atom. The van der Waals surface area contributed by atoms with Crippen LogP contribution in [-0.2, 0) is 27.0 Å². The van der Waals surface area contributed by atoms with E-state index in [9.17, 15) is 18.3 Å². The Bertz CT molecular complexity index is 1220. The van der Waals surface area contributed by atoms with Gasteiger partial charge < -0.3 is 24.2 Å². The van der Waals surface area contributed by atoms with E-state index in [-0.39, 0.29) is 24.6 Å². The molecule has 0 bridgehead atoms. The Morgan fingerprint density at radius 3 is 2.13 bits per heavy atom. The van der Waals surface area contributed by atoms with E-state index in [1.807, 2.05) is 6.07 Å². The minimum atomic E-state index is -4.40. The number of methoxy groups -OCH3 is 2. The molecule has 5 rings (SSSR count). The van der Waals surface area contributed by atoms with Gasteiger partial charge in [0, 0.05) is 44.8 Å². The number of halogens is 3. The summed E-state index contributed by atoms with van der Waals surface area (Å²) < 4.78 is 56.6. The number of phenols is 1. The van der Waals surface area contributed by atoms with Crippen molar-refractivity contribution in [2.45, 2.75) is 43.9 Å². The van der Waals surface area contributed by atoms with Crippen LogP contribution in [0, 0.1) is 5.92 Å². The maximum Gasteiger partial charge on any atom is 0.416 e. The number of fused-ring (bicyclic) bond motifs is 1. The lowest BCUT2D eigenvalue weighted by atomic mass is 9.79. The number of alkyl halides is 3. The highest BCUT2D eigenvalue weighted by Gasteiger charge is 2.35. The molecule has 202 valence electrons. The Morgan fingerprint density at radius 2 is 1.53 bits per heavy atom. The molecule has 1 fully saturated rings. The first kappa shape index (κ1) is 26.5. The van der Waals surface area contributed by atoms with Crippen molar-refractivity contribution in [3.8, 4) is 5.75 Å². The van der Waals surface area contributed by atoms with Crippen molar-refractivity contribution < 1.29 is 32.5 Å². The van der Waals surface area contributed by atoms with E-state index in [1.54, 1.807) is 26.4 Å². The van der Waals surface area contributed by atoms with E-state index in [0.29, 0.717) is 11.5 Å². The molecule has 0 saturated carbocycles. The largest absolute Gasteiger partial charge is 0.508 e. The molecule has 38 heavy (non-hydrogen) atoms. The molecule has 5 nitrogen and oxygen atoms in total. The van der Waals surface area contributed by atoms with E-state index in [0.717, 1.165) is 60.4 Å². The zero-order chi connectivity index (χ0) is 26.9. The van der Waals surface area contributed by atoms with E-state index in [1.165, 1.54) is 12.1 Å². The van der Waals surface area contributed by atoms with Gasteiger partial charge in [-0.1, -0.05) is 30.3 Å². The number of hydrogen-bond donors (Lipinski definition) is 1. The van der Waals surface area contributed by atoms with Gasteiger partial charge in [0.1, 0.15) is 5.75 Å². The van der Waals surface area contributed by atoms with Crippen LogP contribution in [-0.4, -0.2) is 38.7 Å². The van der Waals surface area contributed by atoms with Gasteiger partial charge in [-0.05, 0) is 71.5 Å². The fourth-order valence-electron chi connectivity index (χ4n) is 5.77. The zero-order valence-electron chi connectivity index (χ0n) is 21.4. The van der Waals surface area contributed by atoms with Gasteiger partial charge in [0.25, 0.3) is 0 Å². The number of benzene rings is 3. The average molecular weight is 528 g/mol. The standard InChI is InChI=1S/C30H32F3NO4/c1-36-29(37-2)21-13-15-34(16-14-21)24-9-5-19(6-10-24)27-26-12-11-25(35)17-22(26)18-38-28(27)20-3-7-23(8-4-20)30(31,32)33/h3-12,17,21,27-29,35H,13-16,18H2,1-2H3/t27-,28-/m0/s1. The fourth-order valence-corrected chi connectivity index (χ4v) is 5.77. The van der Waals surface area contributed by atoms with Crippen molar-refractivity contribution in [1.29, 1.82) is 0 Å². The molecule has 2 atom stereocenters. The Labute approximate surface area is 220 Å². The lowest BCUT2D eigenvalue weighted by Gasteiger charge is -2.37. The third-order valence-electron chi connectivity index (χ3n) is 7.76. The topological polar surface area (TPSA) is 51.2 Å². The molecular weight excluding hydrogens is 495 g/mol. The van der Waals surface area contributed by atoms with Crippen LogP contribution in [0.3, 0.4) is 0 Å². The van der Waals surface area contributed by atoms with Crippen molar-refractivity contribution in [3.63, 3.8) is 0 Å². The van der Waals surface area contributed by atoms with E-state index in [2.05, 4.69) is 29.2 Å². The van der Waals surface area contributed by atoms with Crippen molar-refractivity contribution in [2.24, 2.45) is 5.92 Å². The summed E-state index contributed by atoms with van der Waals surface area (Å²) in [6.45, 7) is 2.06. The summed E-state index contributed by atoms with van der Waals surface area (Å²) in [5.74, 6) is 0.277. The molecule has 3 aromatic rings. The van der Waals surface area contributed by atoms with Crippen molar-refractivity contribution in [3.05, 3.63) is 94.5 Å². The number of ether oxygens (including phenoxy) is 3. The number of phenolic OH excluding ortho intramolecular Hbond substituents is 1. The molecule has 0 spiro atoms. The summed E-state index contributed by atoms with van der Waals surface area (Å²) in [7, 11) is 3.34. The number of nitrogens with zero attached hydrogens (tertiary/aromatic N) is 1. The summed E-state index contributed by atoms with van der Waals surface area (Å²) >= 11 is 0. The van der Waals surface area contributed by atoms with Gasteiger partial charge in [-0.3, -0.25) is 0 Å². The van der Waals surface area contributed by atoms with Gasteiger partial charge in [-0.25, -0.2) is 0 Å². The predicted molar refractivity (Wildman–Crippen MR) is 138 cm³/mol. The molecule has 2 aliphatic heterocycles. The highest BCUT2D eigenvalue weighted by atomic mass is 19.4. The van der Waals surface area contributed by atoms with Crippen LogP contribution in [0.25, 0.3) is 0 Å². The smallest absolute Gasteiger partial charge is 0.416 e. The van der Waals surface area contributed by atoms with E-state index in [4.69, 9.17) is 14.2 Å². The highest BCUT2D eigenvalue weighted by Crippen LogP contribution is 2.46. The molecule has 3 aromatic carbocycles. The van der Waals surface area contributed by atoms with Gasteiger partial charge in [-0.15, -0.1) is 0 Å². The Hall–Kier alpha value is -3.07. The molecule has 2 heterocycles. The minimum absolute atomic E-state index is 0.155. The van der Waals surface area contributed by atoms with Crippen LogP contribution in [0.1, 0.15) is 52.7 Å². The number of anilines is 1. The van der Waals surface area contributed by atoms with Crippen LogP contribution in [0.5, 0.6) is 5.75 Å². The average Bonchev–Trinajstić information content (AvgIpc) is 2.93. The van der Waals surface area contributed by atoms with Crippen LogP contribution in [0.4, 0.5) is 18.9 Å². The minimum Gasteiger partial charge on any atom is -0.508 e. The molecule has 0 aliphatic carbocycles. The molecule has 1 N–H and O–H groups in total. The third kappa shape index (κ3) is 5.39. The normalized spacial score (nSPS) is 20.5. The number of hydrogen-bond acceptors (Lipinski definition) is 5. The Balaban J connectivity index is 1.41. The van der Waals surface area contributed by atoms with Gasteiger partial charge in [0.2, 0.25) is 0 Å². The first-order valence-electron chi connectivity index (χ1n) is 12.8. The highest BCUT2D eigenvalue weighted by molar-refractivity contribution is 5.52. The van der Waals surface area contributed by atoms with E-state index < -0.39 is 17.8 Å². The van der Waals surface area contributed by atoms with Crippen LogP contribution < -0.4 is 4.90 Å². The molecule has 1 saturated heterocycles. The lowest BCUT2D eigenvalue weighted by molar-refractivity contribution is -0.141. The lowest BCUT2D eigenvalue weighted by Crippen LogP contribution is -2.39. The molecular formula is C30H32F3NO4. The zero-order valence-corrected chi connectivity index (χ0v) is 21.4. The summed E-state index contributed by atoms with van der Waals surface area (Å²) in [5, 5.41) is 10.0. The first-order chi connectivity index (χ1) is 18.3. The Kier molecular flexibility index (Phi) is 7.66. The molecule has 0 amide bonds. The third-order valence-corrected chi connectivity index (χ3v) is 7.76. The van der Waals surface area contributed by atoms with Gasteiger partial charge in [0.05, 0.1) is 18.3 Å². The molecule has 0 unspecified atom stereocenters. The van der Waals surface area contributed by atoms with Crippen LogP contribution in [0.2, 0.25) is 0 Å².